The number of nitrogen functional groups attached to an aromatic ring is 1. The predicted molar refractivity (Wildman–Crippen MR) is 74.0 cm³/mol. The van der Waals surface area contributed by atoms with Crippen molar-refractivity contribution in [2.24, 2.45) is 5.73 Å². The molecule has 2 rings (SSSR count). The molecule has 0 aliphatic heterocycles. The largest absolute Gasteiger partial charge is 0.398 e. The third-order valence-corrected chi connectivity index (χ3v) is 2.85. The Morgan fingerprint density at radius 3 is 2.12 bits per heavy atom. The average molecular weight is 224 g/mol. The van der Waals surface area contributed by atoms with Gasteiger partial charge in [0, 0.05) is 16.9 Å². The van der Waals surface area contributed by atoms with Gasteiger partial charge in [-0.25, -0.2) is 0 Å². The summed E-state index contributed by atoms with van der Waals surface area (Å²) >= 11 is 0. The molecule has 86 valence electrons. The van der Waals surface area contributed by atoms with Crippen LogP contribution < -0.4 is 11.5 Å². The molecule has 0 saturated carbocycles. The van der Waals surface area contributed by atoms with Crippen LogP contribution >= 0.6 is 0 Å². The highest BCUT2D eigenvalue weighted by Crippen LogP contribution is 2.26. The minimum atomic E-state index is 0.754. The van der Waals surface area contributed by atoms with E-state index in [4.69, 9.17) is 11.5 Å². The maximum atomic E-state index is 6.16. The van der Waals surface area contributed by atoms with Crippen molar-refractivity contribution in [3.05, 3.63) is 65.7 Å². The van der Waals surface area contributed by atoms with E-state index >= 15 is 0 Å². The van der Waals surface area contributed by atoms with E-state index in [1.807, 2.05) is 61.5 Å². The Hall–Kier alpha value is -2.22. The number of allylic oxidation sites excluding steroid dienone is 1. The molecule has 0 heterocycles. The number of para-hydroxylation sites is 1. The number of nitrogens with two attached hydrogens (primary N) is 2. The van der Waals surface area contributed by atoms with Gasteiger partial charge in [-0.15, -0.1) is 0 Å². The van der Waals surface area contributed by atoms with Crippen LogP contribution in [0.3, 0.4) is 0 Å². The highest BCUT2D eigenvalue weighted by atomic mass is 14.6. The molecule has 0 spiro atoms. The van der Waals surface area contributed by atoms with Crippen LogP contribution in [0.1, 0.15) is 18.1 Å². The zero-order valence-electron chi connectivity index (χ0n) is 9.85. The van der Waals surface area contributed by atoms with Crippen LogP contribution in [-0.2, 0) is 0 Å². The van der Waals surface area contributed by atoms with Crippen molar-refractivity contribution in [2.45, 2.75) is 6.92 Å². The molecule has 0 amide bonds. The molecule has 0 aliphatic carbocycles. The monoisotopic (exact) mass is 224 g/mol. The summed E-state index contributed by atoms with van der Waals surface area (Å²) in [6, 6.07) is 17.7. The molecule has 2 aromatic carbocycles. The van der Waals surface area contributed by atoms with Crippen LogP contribution in [0, 0.1) is 0 Å². The summed E-state index contributed by atoms with van der Waals surface area (Å²) in [6.07, 6.45) is 0. The average Bonchev–Trinajstić information content (AvgIpc) is 2.39. The topological polar surface area (TPSA) is 52.0 Å². The van der Waals surface area contributed by atoms with Crippen molar-refractivity contribution in [1.82, 2.24) is 0 Å². The second kappa shape index (κ2) is 4.74. The third-order valence-electron chi connectivity index (χ3n) is 2.85. The maximum absolute atomic E-state index is 6.16. The summed E-state index contributed by atoms with van der Waals surface area (Å²) in [7, 11) is 0. The lowest BCUT2D eigenvalue weighted by Gasteiger charge is -2.10. The Morgan fingerprint density at radius 2 is 1.47 bits per heavy atom. The molecule has 0 saturated heterocycles. The first kappa shape index (κ1) is 11.3. The summed E-state index contributed by atoms with van der Waals surface area (Å²) in [4.78, 5) is 0. The lowest BCUT2D eigenvalue weighted by molar-refractivity contribution is 1.47. The van der Waals surface area contributed by atoms with Gasteiger partial charge in [0.05, 0.1) is 0 Å². The standard InChI is InChI=1S/C15H16N2/c1-11(13-9-5-6-10-14(13)16)15(17)12-7-3-2-4-8-12/h2-10H,16-17H2,1H3. The molecule has 0 fully saturated rings. The molecule has 0 bridgehead atoms. The Balaban J connectivity index is 2.50. The number of benzene rings is 2. The molecule has 0 atom stereocenters. The molecular formula is C15H16N2. The first-order valence-corrected chi connectivity index (χ1v) is 5.57. The minimum Gasteiger partial charge on any atom is -0.398 e. The van der Waals surface area contributed by atoms with Gasteiger partial charge in [-0.3, -0.25) is 0 Å². The van der Waals surface area contributed by atoms with Crippen molar-refractivity contribution in [3.8, 4) is 0 Å². The SMILES string of the molecule is CC(=C(N)c1ccccc1)c1ccccc1N. The van der Waals surface area contributed by atoms with E-state index in [9.17, 15) is 0 Å². The number of hydrogen-bond acceptors (Lipinski definition) is 2. The Labute approximate surface area is 102 Å². The first-order chi connectivity index (χ1) is 8.20. The normalized spacial score (nSPS) is 12.1. The molecule has 0 aromatic heterocycles. The van der Waals surface area contributed by atoms with Gasteiger partial charge in [0.15, 0.2) is 0 Å². The highest BCUT2D eigenvalue weighted by molar-refractivity contribution is 5.91. The molecule has 2 heteroatoms. The Bertz CT molecular complexity index is 542. The van der Waals surface area contributed by atoms with E-state index in [0.717, 1.165) is 28.1 Å². The molecule has 0 radical (unpaired) electrons. The van der Waals surface area contributed by atoms with Gasteiger partial charge in [-0.2, -0.15) is 0 Å². The van der Waals surface area contributed by atoms with Crippen molar-refractivity contribution >= 4 is 17.0 Å². The molecule has 0 unspecified atom stereocenters. The van der Waals surface area contributed by atoms with Gasteiger partial charge >= 0.3 is 0 Å². The van der Waals surface area contributed by atoms with Gasteiger partial charge in [-0.05, 0) is 24.1 Å². The van der Waals surface area contributed by atoms with Crippen LogP contribution in [-0.4, -0.2) is 0 Å². The summed E-state index contributed by atoms with van der Waals surface area (Å²) in [6.45, 7) is 1.99. The van der Waals surface area contributed by atoms with Gasteiger partial charge in [0.1, 0.15) is 0 Å². The van der Waals surface area contributed by atoms with Crippen LogP contribution in [0.25, 0.3) is 11.3 Å². The van der Waals surface area contributed by atoms with Crippen molar-refractivity contribution in [3.63, 3.8) is 0 Å². The third kappa shape index (κ3) is 2.31. The fourth-order valence-corrected chi connectivity index (χ4v) is 1.82. The molecule has 0 aliphatic rings. The van der Waals surface area contributed by atoms with Crippen LogP contribution in [0.4, 0.5) is 5.69 Å². The van der Waals surface area contributed by atoms with E-state index in [2.05, 4.69) is 0 Å². The fourth-order valence-electron chi connectivity index (χ4n) is 1.82. The number of rotatable bonds is 2. The number of hydrogen-bond donors (Lipinski definition) is 2. The van der Waals surface area contributed by atoms with E-state index in [0.29, 0.717) is 0 Å². The molecule has 2 nitrogen and oxygen atoms in total. The first-order valence-electron chi connectivity index (χ1n) is 5.57. The van der Waals surface area contributed by atoms with Crippen molar-refractivity contribution < 1.29 is 0 Å². The zero-order valence-corrected chi connectivity index (χ0v) is 9.85. The second-order valence-electron chi connectivity index (χ2n) is 3.99. The van der Waals surface area contributed by atoms with E-state index in [1.54, 1.807) is 0 Å². The van der Waals surface area contributed by atoms with Crippen LogP contribution in [0.2, 0.25) is 0 Å². The smallest absolute Gasteiger partial charge is 0.0424 e. The highest BCUT2D eigenvalue weighted by Gasteiger charge is 2.06. The van der Waals surface area contributed by atoms with E-state index in [-0.39, 0.29) is 0 Å². The van der Waals surface area contributed by atoms with Gasteiger partial charge in [0.25, 0.3) is 0 Å². The van der Waals surface area contributed by atoms with Gasteiger partial charge in [0.2, 0.25) is 0 Å². The number of anilines is 1. The molecule has 2 aromatic rings. The van der Waals surface area contributed by atoms with Crippen molar-refractivity contribution in [2.75, 3.05) is 5.73 Å². The fraction of sp³-hybridized carbons (Fsp3) is 0.0667. The van der Waals surface area contributed by atoms with Gasteiger partial charge < -0.3 is 11.5 Å². The summed E-state index contributed by atoms with van der Waals surface area (Å²) < 4.78 is 0. The van der Waals surface area contributed by atoms with Crippen molar-refractivity contribution in [1.29, 1.82) is 0 Å². The minimum absolute atomic E-state index is 0.754. The van der Waals surface area contributed by atoms with E-state index < -0.39 is 0 Å². The van der Waals surface area contributed by atoms with Gasteiger partial charge in [-0.1, -0.05) is 48.5 Å². The lowest BCUT2D eigenvalue weighted by Crippen LogP contribution is -2.01. The quantitative estimate of drug-likeness (QED) is 0.608. The summed E-state index contributed by atoms with van der Waals surface area (Å²) in [5, 5.41) is 0. The Kier molecular flexibility index (Phi) is 3.15. The van der Waals surface area contributed by atoms with E-state index in [1.165, 1.54) is 0 Å². The van der Waals surface area contributed by atoms with Crippen LogP contribution in [0.5, 0.6) is 0 Å². The van der Waals surface area contributed by atoms with Crippen LogP contribution in [0.15, 0.2) is 54.6 Å². The maximum Gasteiger partial charge on any atom is 0.0424 e. The summed E-state index contributed by atoms with van der Waals surface area (Å²) in [5.74, 6) is 0. The molecule has 4 N–H and O–H groups in total. The predicted octanol–water partition coefficient (Wildman–Crippen LogP) is 3.12. The Morgan fingerprint density at radius 1 is 0.882 bits per heavy atom. The lowest BCUT2D eigenvalue weighted by atomic mass is 10.00. The molecule has 17 heavy (non-hydrogen) atoms. The second-order valence-corrected chi connectivity index (χ2v) is 3.99. The summed E-state index contributed by atoms with van der Waals surface area (Å²) in [5.41, 5.74) is 16.7. The molecular weight excluding hydrogens is 208 g/mol. The zero-order chi connectivity index (χ0) is 12.3.